The van der Waals surface area contributed by atoms with Crippen molar-refractivity contribution in [2.24, 2.45) is 0 Å². The summed E-state index contributed by atoms with van der Waals surface area (Å²) in [6, 6.07) is 15.1. The van der Waals surface area contributed by atoms with Gasteiger partial charge in [0.25, 0.3) is 11.8 Å². The molecule has 4 amide bonds. The summed E-state index contributed by atoms with van der Waals surface area (Å²) in [5.74, 6) is 0.765. The molecule has 9 heteroatoms. The lowest BCUT2D eigenvalue weighted by atomic mass is 10.0. The van der Waals surface area contributed by atoms with Crippen LogP contribution in [-0.4, -0.2) is 31.7 Å². The number of nitrogens with zero attached hydrogens (tertiary/aromatic N) is 1. The normalized spacial score (nSPS) is 15.4. The molecule has 3 aromatic carbocycles. The summed E-state index contributed by atoms with van der Waals surface area (Å²) in [6.07, 6.45) is 3.59. The SMILES string of the molecule is C=CCc1cc(/C=C2\C(=O)NC(=O)N(c3ccc(C)cc3)C2=O)cc(OC)c1OCc1ccc2c(c1)OCO2. The molecule has 39 heavy (non-hydrogen) atoms. The van der Waals surface area contributed by atoms with Crippen LogP contribution >= 0.6 is 0 Å². The zero-order chi connectivity index (χ0) is 27.5. The lowest BCUT2D eigenvalue weighted by Crippen LogP contribution is -2.54. The third-order valence-corrected chi connectivity index (χ3v) is 6.26. The predicted octanol–water partition coefficient (Wildman–Crippen LogP) is 4.71. The molecule has 2 heterocycles. The number of fused-ring (bicyclic) bond motifs is 1. The monoisotopic (exact) mass is 526 g/mol. The highest BCUT2D eigenvalue weighted by molar-refractivity contribution is 6.39. The first-order chi connectivity index (χ1) is 18.9. The average molecular weight is 527 g/mol. The first-order valence-corrected chi connectivity index (χ1v) is 12.2. The number of rotatable bonds is 8. The fraction of sp³-hybridized carbons (Fsp3) is 0.167. The fourth-order valence-corrected chi connectivity index (χ4v) is 4.33. The van der Waals surface area contributed by atoms with Crippen LogP contribution in [0.25, 0.3) is 6.08 Å². The van der Waals surface area contributed by atoms with E-state index in [2.05, 4.69) is 11.9 Å². The van der Waals surface area contributed by atoms with E-state index < -0.39 is 17.8 Å². The van der Waals surface area contributed by atoms with E-state index in [1.165, 1.54) is 13.2 Å². The summed E-state index contributed by atoms with van der Waals surface area (Å²) >= 11 is 0. The summed E-state index contributed by atoms with van der Waals surface area (Å²) in [7, 11) is 1.51. The highest BCUT2D eigenvalue weighted by Gasteiger charge is 2.36. The number of nitrogens with one attached hydrogen (secondary N) is 1. The number of ether oxygens (including phenoxy) is 4. The number of imide groups is 2. The lowest BCUT2D eigenvalue weighted by molar-refractivity contribution is -0.122. The van der Waals surface area contributed by atoms with Crippen molar-refractivity contribution in [3.63, 3.8) is 0 Å². The van der Waals surface area contributed by atoms with Gasteiger partial charge in [-0.25, -0.2) is 9.69 Å². The molecule has 1 N–H and O–H groups in total. The van der Waals surface area contributed by atoms with Crippen LogP contribution in [0.1, 0.15) is 22.3 Å². The molecule has 0 aromatic heterocycles. The topological polar surface area (TPSA) is 103 Å². The molecule has 2 aliphatic rings. The molecule has 1 saturated heterocycles. The number of carbonyl (C=O) groups is 3. The maximum atomic E-state index is 13.3. The molecule has 5 rings (SSSR count). The Hall–Kier alpha value is -5.05. The van der Waals surface area contributed by atoms with Gasteiger partial charge in [-0.15, -0.1) is 6.58 Å². The number of hydrogen-bond donors (Lipinski definition) is 1. The van der Waals surface area contributed by atoms with Crippen LogP contribution in [0.5, 0.6) is 23.0 Å². The second-order valence-corrected chi connectivity index (χ2v) is 8.97. The first kappa shape index (κ1) is 25.6. The Morgan fingerprint density at radius 2 is 1.79 bits per heavy atom. The van der Waals surface area contributed by atoms with E-state index >= 15 is 0 Å². The number of barbiturate groups is 1. The molecule has 0 radical (unpaired) electrons. The third-order valence-electron chi connectivity index (χ3n) is 6.26. The highest BCUT2D eigenvalue weighted by atomic mass is 16.7. The quantitative estimate of drug-likeness (QED) is 0.258. The second-order valence-electron chi connectivity index (χ2n) is 8.97. The molecular weight excluding hydrogens is 500 g/mol. The van der Waals surface area contributed by atoms with E-state index in [4.69, 9.17) is 18.9 Å². The van der Waals surface area contributed by atoms with Crippen LogP contribution in [-0.2, 0) is 22.6 Å². The first-order valence-electron chi connectivity index (χ1n) is 12.2. The van der Waals surface area contributed by atoms with Crippen LogP contribution < -0.4 is 29.2 Å². The largest absolute Gasteiger partial charge is 0.493 e. The zero-order valence-electron chi connectivity index (χ0n) is 21.5. The summed E-state index contributed by atoms with van der Waals surface area (Å²) < 4.78 is 22.6. The Kier molecular flexibility index (Phi) is 7.05. The standard InChI is InChI=1S/C30H26N2O7/c1-4-5-21-12-20(13-23-28(33)31-30(35)32(29(23)34)22-9-6-18(2)7-10-22)15-26(36-3)27(21)37-16-19-8-11-24-25(14-19)39-17-38-24/h4,6-15H,1,5,16-17H2,2-3H3,(H,31,33,35)/b23-13+. The van der Waals surface area contributed by atoms with Crippen LogP contribution in [0.2, 0.25) is 0 Å². The van der Waals surface area contributed by atoms with Crippen molar-refractivity contribution in [2.75, 3.05) is 18.8 Å². The molecule has 0 bridgehead atoms. The van der Waals surface area contributed by atoms with E-state index in [0.717, 1.165) is 21.6 Å². The van der Waals surface area contributed by atoms with Crippen molar-refractivity contribution in [1.29, 1.82) is 0 Å². The number of allylic oxidation sites excluding steroid dienone is 1. The van der Waals surface area contributed by atoms with Crippen LogP contribution in [0.3, 0.4) is 0 Å². The van der Waals surface area contributed by atoms with Crippen LogP contribution in [0.4, 0.5) is 10.5 Å². The van der Waals surface area contributed by atoms with E-state index in [9.17, 15) is 14.4 Å². The smallest absolute Gasteiger partial charge is 0.335 e. The van der Waals surface area contributed by atoms with Gasteiger partial charge in [0.05, 0.1) is 12.8 Å². The fourth-order valence-electron chi connectivity index (χ4n) is 4.33. The number of urea groups is 1. The number of methoxy groups -OCH3 is 1. The Morgan fingerprint density at radius 1 is 1.03 bits per heavy atom. The van der Waals surface area contributed by atoms with E-state index in [-0.39, 0.29) is 19.0 Å². The molecular formula is C30H26N2O7. The zero-order valence-corrected chi connectivity index (χ0v) is 21.5. The number of anilines is 1. The number of benzene rings is 3. The molecule has 0 atom stereocenters. The van der Waals surface area contributed by atoms with Crippen molar-refractivity contribution in [3.8, 4) is 23.0 Å². The van der Waals surface area contributed by atoms with Gasteiger partial charge in [0.1, 0.15) is 12.2 Å². The van der Waals surface area contributed by atoms with Gasteiger partial charge in [-0.1, -0.05) is 29.8 Å². The van der Waals surface area contributed by atoms with Gasteiger partial charge in [0.2, 0.25) is 6.79 Å². The molecule has 1 fully saturated rings. The molecule has 9 nitrogen and oxygen atoms in total. The maximum Gasteiger partial charge on any atom is 0.335 e. The van der Waals surface area contributed by atoms with E-state index in [1.54, 1.807) is 42.5 Å². The summed E-state index contributed by atoms with van der Waals surface area (Å²) in [5, 5.41) is 2.25. The number of amides is 4. The van der Waals surface area contributed by atoms with Gasteiger partial charge in [0.15, 0.2) is 23.0 Å². The Labute approximate surface area is 225 Å². The summed E-state index contributed by atoms with van der Waals surface area (Å²) in [4.78, 5) is 39.4. The van der Waals surface area contributed by atoms with E-state index in [0.29, 0.717) is 40.7 Å². The molecule has 0 spiro atoms. The van der Waals surface area contributed by atoms with Crippen molar-refractivity contribution in [2.45, 2.75) is 20.0 Å². The van der Waals surface area contributed by atoms with Crippen molar-refractivity contribution >= 4 is 29.6 Å². The van der Waals surface area contributed by atoms with Gasteiger partial charge in [0, 0.05) is 5.56 Å². The minimum absolute atomic E-state index is 0.184. The number of carbonyl (C=O) groups excluding carboxylic acids is 3. The van der Waals surface area contributed by atoms with Crippen LogP contribution in [0.15, 0.2) is 72.8 Å². The Morgan fingerprint density at radius 3 is 2.54 bits per heavy atom. The Bertz CT molecular complexity index is 1510. The molecule has 198 valence electrons. The van der Waals surface area contributed by atoms with Gasteiger partial charge < -0.3 is 18.9 Å². The third kappa shape index (κ3) is 5.19. The van der Waals surface area contributed by atoms with Gasteiger partial charge in [-0.3, -0.25) is 14.9 Å². The summed E-state index contributed by atoms with van der Waals surface area (Å²) in [5.41, 5.74) is 3.29. The van der Waals surface area contributed by atoms with Crippen molar-refractivity contribution in [3.05, 3.63) is 95.1 Å². The van der Waals surface area contributed by atoms with Gasteiger partial charge in [-0.2, -0.15) is 0 Å². The minimum atomic E-state index is -0.803. The van der Waals surface area contributed by atoms with Crippen LogP contribution in [0, 0.1) is 6.92 Å². The minimum Gasteiger partial charge on any atom is -0.493 e. The molecule has 3 aromatic rings. The molecule has 0 aliphatic carbocycles. The second kappa shape index (κ2) is 10.7. The van der Waals surface area contributed by atoms with Gasteiger partial charge in [-0.05, 0) is 66.9 Å². The average Bonchev–Trinajstić information content (AvgIpc) is 3.39. The van der Waals surface area contributed by atoms with E-state index in [1.807, 2.05) is 25.1 Å². The lowest BCUT2D eigenvalue weighted by Gasteiger charge is -2.26. The van der Waals surface area contributed by atoms with Crippen molar-refractivity contribution < 1.29 is 33.3 Å². The number of aryl methyl sites for hydroxylation is 1. The maximum absolute atomic E-state index is 13.3. The highest BCUT2D eigenvalue weighted by Crippen LogP contribution is 2.37. The Balaban J connectivity index is 1.46. The molecule has 0 saturated carbocycles. The molecule has 2 aliphatic heterocycles. The van der Waals surface area contributed by atoms with Crippen molar-refractivity contribution in [1.82, 2.24) is 5.32 Å². The predicted molar refractivity (Wildman–Crippen MR) is 144 cm³/mol. The number of hydrogen-bond acceptors (Lipinski definition) is 7. The molecule has 0 unspecified atom stereocenters. The summed E-state index contributed by atoms with van der Waals surface area (Å²) in [6.45, 7) is 6.16. The van der Waals surface area contributed by atoms with Gasteiger partial charge >= 0.3 is 6.03 Å².